The minimum atomic E-state index is -1.25. The maximum Gasteiger partial charge on any atom is 0.337 e. The molecular formula is C20H21FN2O5. The molecular weight excluding hydrogens is 367 g/mol. The number of hydrogen-bond donors (Lipinski definition) is 3. The third kappa shape index (κ3) is 5.29. The number of amides is 2. The zero-order valence-electron chi connectivity index (χ0n) is 15.7. The van der Waals surface area contributed by atoms with E-state index in [2.05, 4.69) is 10.6 Å². The fraction of sp³-hybridized carbons (Fsp3) is 0.250. The number of carboxylic acid groups (broad SMARTS) is 1. The number of methoxy groups -OCH3 is 1. The van der Waals surface area contributed by atoms with Gasteiger partial charge in [-0.25, -0.2) is 9.18 Å². The molecule has 0 saturated carbocycles. The maximum absolute atomic E-state index is 14.2. The lowest BCUT2D eigenvalue weighted by Crippen LogP contribution is -2.17. The second-order valence-corrected chi connectivity index (χ2v) is 6.51. The number of benzene rings is 2. The van der Waals surface area contributed by atoms with Crippen LogP contribution in [0.2, 0.25) is 0 Å². The Morgan fingerprint density at radius 2 is 1.75 bits per heavy atom. The number of ether oxygens (including phenoxy) is 1. The van der Waals surface area contributed by atoms with Crippen molar-refractivity contribution < 1.29 is 28.6 Å². The molecule has 0 radical (unpaired) electrons. The van der Waals surface area contributed by atoms with Crippen LogP contribution in [0.15, 0.2) is 36.4 Å². The van der Waals surface area contributed by atoms with Gasteiger partial charge in [0.15, 0.2) is 0 Å². The molecule has 3 N–H and O–H groups in total. The molecule has 2 amide bonds. The first-order valence-corrected chi connectivity index (χ1v) is 8.53. The van der Waals surface area contributed by atoms with Crippen molar-refractivity contribution >= 4 is 29.2 Å². The predicted octanol–water partition coefficient (Wildman–Crippen LogP) is 3.77. The summed E-state index contributed by atoms with van der Waals surface area (Å²) in [6.07, 6.45) is 0.247. The van der Waals surface area contributed by atoms with Crippen LogP contribution in [0.5, 0.6) is 5.75 Å². The summed E-state index contributed by atoms with van der Waals surface area (Å²) in [5.74, 6) is -2.58. The highest BCUT2D eigenvalue weighted by molar-refractivity contribution is 6.08. The van der Waals surface area contributed by atoms with Crippen molar-refractivity contribution in [1.29, 1.82) is 0 Å². The van der Waals surface area contributed by atoms with E-state index < -0.39 is 17.7 Å². The molecule has 0 aliphatic rings. The van der Waals surface area contributed by atoms with Gasteiger partial charge >= 0.3 is 5.97 Å². The summed E-state index contributed by atoms with van der Waals surface area (Å²) in [5, 5.41) is 14.2. The van der Waals surface area contributed by atoms with Crippen LogP contribution in [0.1, 0.15) is 41.0 Å². The van der Waals surface area contributed by atoms with E-state index in [1.807, 2.05) is 13.8 Å². The minimum Gasteiger partial charge on any atom is -0.497 e. The first-order chi connectivity index (χ1) is 13.2. The number of carbonyl (C=O) groups is 3. The summed E-state index contributed by atoms with van der Waals surface area (Å²) in [6, 6.07) is 7.76. The molecule has 2 rings (SSSR count). The Kier molecular flexibility index (Phi) is 6.70. The van der Waals surface area contributed by atoms with Crippen LogP contribution in [0.3, 0.4) is 0 Å². The van der Waals surface area contributed by atoms with Gasteiger partial charge in [0.2, 0.25) is 5.91 Å². The van der Waals surface area contributed by atoms with Gasteiger partial charge in [0, 0.05) is 12.0 Å². The van der Waals surface area contributed by atoms with Gasteiger partial charge in [0.1, 0.15) is 11.6 Å². The van der Waals surface area contributed by atoms with E-state index in [4.69, 9.17) is 4.74 Å². The third-order valence-corrected chi connectivity index (χ3v) is 3.80. The zero-order chi connectivity index (χ0) is 20.8. The first-order valence-electron chi connectivity index (χ1n) is 8.53. The molecule has 8 heteroatoms. The van der Waals surface area contributed by atoms with E-state index in [0.29, 0.717) is 5.75 Å². The van der Waals surface area contributed by atoms with E-state index >= 15 is 0 Å². The van der Waals surface area contributed by atoms with E-state index in [9.17, 15) is 23.9 Å². The topological polar surface area (TPSA) is 105 Å². The lowest BCUT2D eigenvalue weighted by molar-refractivity contribution is -0.116. The third-order valence-electron chi connectivity index (χ3n) is 3.80. The number of halogens is 1. The Bertz CT molecular complexity index is 911. The van der Waals surface area contributed by atoms with E-state index in [-0.39, 0.29) is 40.7 Å². The van der Waals surface area contributed by atoms with Gasteiger partial charge in [-0.15, -0.1) is 0 Å². The van der Waals surface area contributed by atoms with Crippen LogP contribution in [0, 0.1) is 11.7 Å². The standard InChI is InChI=1S/C20H21FN2O5/c1-11(2)8-18(24)22-17-6-4-12(9-15(17)21)19(25)23-16-7-5-13(28-3)10-14(16)20(26)27/h4-7,9-11H,8H2,1-3H3,(H,22,24)(H,23,25)(H,26,27). The molecule has 0 unspecified atom stereocenters. The smallest absolute Gasteiger partial charge is 0.337 e. The first kappa shape index (κ1) is 20.9. The lowest BCUT2D eigenvalue weighted by Gasteiger charge is -2.12. The number of nitrogens with one attached hydrogen (secondary N) is 2. The zero-order valence-corrected chi connectivity index (χ0v) is 15.7. The van der Waals surface area contributed by atoms with Crippen molar-refractivity contribution in [3.05, 3.63) is 53.3 Å². The Morgan fingerprint density at radius 1 is 1.07 bits per heavy atom. The normalized spacial score (nSPS) is 10.5. The molecule has 2 aromatic rings. The fourth-order valence-corrected chi connectivity index (χ4v) is 2.46. The average Bonchev–Trinajstić information content (AvgIpc) is 2.62. The number of hydrogen-bond acceptors (Lipinski definition) is 4. The van der Waals surface area contributed by atoms with E-state index in [1.54, 1.807) is 0 Å². The molecule has 0 spiro atoms. The second kappa shape index (κ2) is 8.98. The molecule has 0 fully saturated rings. The van der Waals surface area contributed by atoms with E-state index in [0.717, 1.165) is 6.07 Å². The quantitative estimate of drug-likeness (QED) is 0.670. The summed E-state index contributed by atoms with van der Waals surface area (Å²) in [4.78, 5) is 35.5. The number of carbonyl (C=O) groups excluding carboxylic acids is 2. The van der Waals surface area contributed by atoms with Crippen LogP contribution in [0.4, 0.5) is 15.8 Å². The van der Waals surface area contributed by atoms with Crippen molar-refractivity contribution in [1.82, 2.24) is 0 Å². The van der Waals surface area contributed by atoms with Gasteiger partial charge in [0.25, 0.3) is 5.91 Å². The minimum absolute atomic E-state index is 0.0217. The van der Waals surface area contributed by atoms with Gasteiger partial charge in [-0.2, -0.15) is 0 Å². The van der Waals surface area contributed by atoms with Crippen molar-refractivity contribution in [2.45, 2.75) is 20.3 Å². The molecule has 0 heterocycles. The van der Waals surface area contributed by atoms with Crippen LogP contribution in [0.25, 0.3) is 0 Å². The summed E-state index contributed by atoms with van der Waals surface area (Å²) in [6.45, 7) is 3.74. The summed E-state index contributed by atoms with van der Waals surface area (Å²) < 4.78 is 19.2. The van der Waals surface area contributed by atoms with Gasteiger partial charge in [-0.3, -0.25) is 9.59 Å². The van der Waals surface area contributed by atoms with Gasteiger partial charge in [-0.1, -0.05) is 13.8 Å². The van der Waals surface area contributed by atoms with Crippen LogP contribution in [-0.4, -0.2) is 30.0 Å². The van der Waals surface area contributed by atoms with Crippen LogP contribution in [-0.2, 0) is 4.79 Å². The monoisotopic (exact) mass is 388 g/mol. The van der Waals surface area contributed by atoms with Gasteiger partial charge < -0.3 is 20.5 Å². The average molecular weight is 388 g/mol. The van der Waals surface area contributed by atoms with E-state index in [1.165, 1.54) is 37.4 Å². The predicted molar refractivity (Wildman–Crippen MR) is 102 cm³/mol. The molecule has 28 heavy (non-hydrogen) atoms. The Morgan fingerprint density at radius 3 is 2.32 bits per heavy atom. The highest BCUT2D eigenvalue weighted by Gasteiger charge is 2.16. The maximum atomic E-state index is 14.2. The molecule has 0 aromatic heterocycles. The molecule has 0 saturated heterocycles. The lowest BCUT2D eigenvalue weighted by atomic mass is 10.1. The summed E-state index contributed by atoms with van der Waals surface area (Å²) >= 11 is 0. The van der Waals surface area contributed by atoms with Gasteiger partial charge in [-0.05, 0) is 42.3 Å². The number of anilines is 2. The summed E-state index contributed by atoms with van der Waals surface area (Å²) in [7, 11) is 1.39. The number of aromatic carboxylic acids is 1. The van der Waals surface area contributed by atoms with Crippen molar-refractivity contribution in [3.63, 3.8) is 0 Å². The largest absolute Gasteiger partial charge is 0.497 e. The Hall–Kier alpha value is -3.42. The number of carboxylic acids is 1. The molecule has 0 aliphatic carbocycles. The second-order valence-electron chi connectivity index (χ2n) is 6.51. The Labute approximate surface area is 161 Å². The Balaban J connectivity index is 2.18. The fourth-order valence-electron chi connectivity index (χ4n) is 2.46. The molecule has 2 aromatic carbocycles. The summed E-state index contributed by atoms with van der Waals surface area (Å²) in [5.41, 5.74) is -0.164. The van der Waals surface area contributed by atoms with Crippen LogP contribution >= 0.6 is 0 Å². The van der Waals surface area contributed by atoms with Crippen molar-refractivity contribution in [2.75, 3.05) is 17.7 Å². The van der Waals surface area contributed by atoms with Crippen molar-refractivity contribution in [2.24, 2.45) is 5.92 Å². The van der Waals surface area contributed by atoms with Crippen molar-refractivity contribution in [3.8, 4) is 5.75 Å². The van der Waals surface area contributed by atoms with Gasteiger partial charge in [0.05, 0.1) is 24.0 Å². The highest BCUT2D eigenvalue weighted by atomic mass is 19.1. The highest BCUT2D eigenvalue weighted by Crippen LogP contribution is 2.23. The number of rotatable bonds is 7. The van der Waals surface area contributed by atoms with Crippen LogP contribution < -0.4 is 15.4 Å². The SMILES string of the molecule is COc1ccc(NC(=O)c2ccc(NC(=O)CC(C)C)c(F)c2)c(C(=O)O)c1. The molecule has 0 bridgehead atoms. The molecule has 7 nitrogen and oxygen atoms in total. The molecule has 148 valence electrons. The molecule has 0 atom stereocenters. The molecule has 0 aliphatic heterocycles.